The van der Waals surface area contributed by atoms with Gasteiger partial charge in [-0.3, -0.25) is 4.79 Å². The van der Waals surface area contributed by atoms with Crippen LogP contribution in [0.2, 0.25) is 0 Å². The molecule has 0 radical (unpaired) electrons. The van der Waals surface area contributed by atoms with Crippen molar-refractivity contribution in [1.82, 2.24) is 5.32 Å². The summed E-state index contributed by atoms with van der Waals surface area (Å²) < 4.78 is 29.4. The summed E-state index contributed by atoms with van der Waals surface area (Å²) in [5.74, 6) is -0.231. The largest absolute Gasteiger partial charge is 0.434 e. The molecule has 108 valence electrons. The molecule has 1 amide bonds. The highest BCUT2D eigenvalue weighted by Gasteiger charge is 2.26. The molecule has 1 aliphatic heterocycles. The number of para-hydroxylation sites is 2. The number of halogens is 2. The van der Waals surface area contributed by atoms with E-state index in [0.717, 1.165) is 0 Å². The normalized spacial score (nSPS) is 16.9. The predicted octanol–water partition coefficient (Wildman–Crippen LogP) is 3.14. The second-order valence-electron chi connectivity index (χ2n) is 4.51. The zero-order valence-corrected chi connectivity index (χ0v) is 10.8. The lowest BCUT2D eigenvalue weighted by Crippen LogP contribution is -2.38. The van der Waals surface area contributed by atoms with Gasteiger partial charge < -0.3 is 15.4 Å². The van der Waals surface area contributed by atoms with Crippen molar-refractivity contribution < 1.29 is 18.3 Å². The van der Waals surface area contributed by atoms with Crippen molar-refractivity contribution in [3.8, 4) is 5.75 Å². The van der Waals surface area contributed by atoms with Crippen molar-refractivity contribution in [1.29, 1.82) is 0 Å². The maximum Gasteiger partial charge on any atom is 0.387 e. The number of carbonyl (C=O) groups is 1. The number of amides is 1. The molecule has 2 aromatic carbocycles. The van der Waals surface area contributed by atoms with E-state index < -0.39 is 12.8 Å². The fourth-order valence-corrected chi connectivity index (χ4v) is 2.29. The van der Waals surface area contributed by atoms with E-state index in [1.165, 1.54) is 6.07 Å². The Kier molecular flexibility index (Phi) is 3.43. The van der Waals surface area contributed by atoms with Crippen LogP contribution in [-0.2, 0) is 0 Å². The van der Waals surface area contributed by atoms with Crippen LogP contribution >= 0.6 is 0 Å². The van der Waals surface area contributed by atoms with Gasteiger partial charge in [0.15, 0.2) is 0 Å². The smallest absolute Gasteiger partial charge is 0.387 e. The first-order valence-electron chi connectivity index (χ1n) is 6.35. The highest BCUT2D eigenvalue weighted by Crippen LogP contribution is 2.31. The fraction of sp³-hybridized carbons (Fsp3) is 0.133. The Bertz CT molecular complexity index is 676. The Morgan fingerprint density at radius 3 is 2.52 bits per heavy atom. The molecule has 1 heterocycles. The van der Waals surface area contributed by atoms with Crippen LogP contribution in [0.3, 0.4) is 0 Å². The van der Waals surface area contributed by atoms with Gasteiger partial charge in [0, 0.05) is 11.3 Å². The summed E-state index contributed by atoms with van der Waals surface area (Å²) in [6, 6.07) is 13.4. The topological polar surface area (TPSA) is 50.4 Å². The summed E-state index contributed by atoms with van der Waals surface area (Å²) in [5, 5.41) is 5.83. The highest BCUT2D eigenvalue weighted by molar-refractivity contribution is 6.01. The quantitative estimate of drug-likeness (QED) is 0.913. The molecular weight excluding hydrogens is 278 g/mol. The van der Waals surface area contributed by atoms with Crippen LogP contribution in [0.5, 0.6) is 5.75 Å². The van der Waals surface area contributed by atoms with E-state index in [9.17, 15) is 13.6 Å². The number of ether oxygens (including phenoxy) is 1. The van der Waals surface area contributed by atoms with Gasteiger partial charge in [0.2, 0.25) is 0 Å². The maximum absolute atomic E-state index is 12.5. The molecule has 2 aromatic rings. The van der Waals surface area contributed by atoms with Crippen LogP contribution in [0.15, 0.2) is 48.5 Å². The zero-order valence-electron chi connectivity index (χ0n) is 10.8. The molecule has 1 atom stereocenters. The molecule has 0 unspecified atom stereocenters. The predicted molar refractivity (Wildman–Crippen MR) is 73.3 cm³/mol. The van der Waals surface area contributed by atoms with E-state index in [4.69, 9.17) is 0 Å². The molecule has 4 nitrogen and oxygen atoms in total. The minimum absolute atomic E-state index is 0.0321. The average Bonchev–Trinajstić information content (AvgIpc) is 2.47. The Balaban J connectivity index is 1.94. The molecule has 6 heteroatoms. The highest BCUT2D eigenvalue weighted by atomic mass is 19.3. The molecule has 0 aromatic heterocycles. The van der Waals surface area contributed by atoms with Gasteiger partial charge in [0.25, 0.3) is 5.91 Å². The van der Waals surface area contributed by atoms with Crippen LogP contribution < -0.4 is 15.4 Å². The lowest BCUT2D eigenvalue weighted by Gasteiger charge is -2.29. The number of nitrogens with one attached hydrogen (secondary N) is 2. The van der Waals surface area contributed by atoms with E-state index in [2.05, 4.69) is 15.4 Å². The van der Waals surface area contributed by atoms with E-state index in [1.54, 1.807) is 42.5 Å². The molecular formula is C15H12F2N2O2. The van der Waals surface area contributed by atoms with Crippen LogP contribution in [-0.4, -0.2) is 12.5 Å². The summed E-state index contributed by atoms with van der Waals surface area (Å²) in [7, 11) is 0. The number of hydrogen-bond donors (Lipinski definition) is 2. The van der Waals surface area contributed by atoms with Crippen LogP contribution in [0.25, 0.3) is 0 Å². The van der Waals surface area contributed by atoms with E-state index in [1.807, 2.05) is 0 Å². The second kappa shape index (κ2) is 5.40. The lowest BCUT2D eigenvalue weighted by atomic mass is 10.1. The number of rotatable bonds is 3. The van der Waals surface area contributed by atoms with Gasteiger partial charge in [-0.1, -0.05) is 30.3 Å². The SMILES string of the molecule is O=C1N[C@H](c2ccccc2OC(F)F)Nc2ccccc21. The molecule has 0 saturated heterocycles. The first-order valence-corrected chi connectivity index (χ1v) is 6.35. The number of carbonyl (C=O) groups excluding carboxylic acids is 1. The number of anilines is 1. The van der Waals surface area contributed by atoms with Gasteiger partial charge in [-0.2, -0.15) is 8.78 Å². The molecule has 0 saturated carbocycles. The summed E-state index contributed by atoms with van der Waals surface area (Å²) in [6.45, 7) is -2.92. The van der Waals surface area contributed by atoms with Gasteiger partial charge >= 0.3 is 6.61 Å². The third-order valence-electron chi connectivity index (χ3n) is 3.19. The van der Waals surface area contributed by atoms with Crippen molar-refractivity contribution >= 4 is 11.6 Å². The molecule has 3 rings (SSSR count). The third kappa shape index (κ3) is 2.65. The van der Waals surface area contributed by atoms with Crippen molar-refractivity contribution in [2.45, 2.75) is 12.8 Å². The maximum atomic E-state index is 12.5. The molecule has 0 bridgehead atoms. The second-order valence-corrected chi connectivity index (χ2v) is 4.51. The molecule has 2 N–H and O–H groups in total. The summed E-state index contributed by atoms with van der Waals surface area (Å²) in [6.07, 6.45) is -0.623. The van der Waals surface area contributed by atoms with Gasteiger partial charge in [-0.25, -0.2) is 0 Å². The third-order valence-corrected chi connectivity index (χ3v) is 3.19. The number of fused-ring (bicyclic) bond motifs is 1. The Hall–Kier alpha value is -2.63. The van der Waals surface area contributed by atoms with Gasteiger partial charge in [0.1, 0.15) is 11.9 Å². The molecule has 21 heavy (non-hydrogen) atoms. The Morgan fingerprint density at radius 1 is 1.00 bits per heavy atom. The summed E-state index contributed by atoms with van der Waals surface area (Å²) in [5.41, 5.74) is 1.61. The molecule has 0 fully saturated rings. The van der Waals surface area contributed by atoms with E-state index >= 15 is 0 Å². The Labute approximate surface area is 119 Å². The fourth-order valence-electron chi connectivity index (χ4n) is 2.29. The monoisotopic (exact) mass is 290 g/mol. The number of hydrogen-bond acceptors (Lipinski definition) is 3. The summed E-state index contributed by atoms with van der Waals surface area (Å²) >= 11 is 0. The average molecular weight is 290 g/mol. The number of benzene rings is 2. The van der Waals surface area contributed by atoms with Crippen LogP contribution in [0, 0.1) is 0 Å². The zero-order chi connectivity index (χ0) is 14.8. The first kappa shape index (κ1) is 13.4. The number of alkyl halides is 2. The van der Waals surface area contributed by atoms with Crippen molar-refractivity contribution in [2.24, 2.45) is 0 Å². The van der Waals surface area contributed by atoms with Gasteiger partial charge in [0.05, 0.1) is 5.56 Å². The molecule has 0 spiro atoms. The Morgan fingerprint density at radius 2 is 1.71 bits per heavy atom. The summed E-state index contributed by atoms with van der Waals surface area (Å²) in [4.78, 5) is 12.1. The van der Waals surface area contributed by atoms with Crippen LogP contribution in [0.1, 0.15) is 22.1 Å². The molecule has 1 aliphatic rings. The van der Waals surface area contributed by atoms with Gasteiger partial charge in [-0.15, -0.1) is 0 Å². The first-order chi connectivity index (χ1) is 10.1. The standard InChI is InChI=1S/C15H12F2N2O2/c16-15(17)21-12-8-4-2-6-10(12)13-18-11-7-3-1-5-9(11)14(20)19-13/h1-8,13,15,18H,(H,19,20)/t13-/m1/s1. The van der Waals surface area contributed by atoms with Crippen molar-refractivity contribution in [3.63, 3.8) is 0 Å². The minimum Gasteiger partial charge on any atom is -0.434 e. The van der Waals surface area contributed by atoms with E-state index in [-0.39, 0.29) is 11.7 Å². The molecule has 0 aliphatic carbocycles. The van der Waals surface area contributed by atoms with Crippen molar-refractivity contribution in [2.75, 3.05) is 5.32 Å². The van der Waals surface area contributed by atoms with Gasteiger partial charge in [-0.05, 0) is 18.2 Å². The van der Waals surface area contributed by atoms with E-state index in [0.29, 0.717) is 16.8 Å². The van der Waals surface area contributed by atoms with Crippen molar-refractivity contribution in [3.05, 3.63) is 59.7 Å². The van der Waals surface area contributed by atoms with Crippen LogP contribution in [0.4, 0.5) is 14.5 Å². The minimum atomic E-state index is -2.92. The lowest BCUT2D eigenvalue weighted by molar-refractivity contribution is -0.0506.